The molecule has 0 atom stereocenters. The lowest BCUT2D eigenvalue weighted by Gasteiger charge is -2.08. The number of fused-ring (bicyclic) bond motifs is 1. The number of benzene rings is 2. The Labute approximate surface area is 106 Å². The third kappa shape index (κ3) is 1.62. The Hall–Kier alpha value is -2.06. The molecule has 0 spiro atoms. The molecular weight excluding hydrogens is 222 g/mol. The lowest BCUT2D eigenvalue weighted by atomic mass is 9.96. The number of furan rings is 1. The van der Waals surface area contributed by atoms with Crippen LogP contribution in [0.1, 0.15) is 11.3 Å². The lowest BCUT2D eigenvalue weighted by Crippen LogP contribution is -1.96. The van der Waals surface area contributed by atoms with E-state index in [4.69, 9.17) is 10.2 Å². The van der Waals surface area contributed by atoms with Gasteiger partial charge in [-0.15, -0.1) is 0 Å². The van der Waals surface area contributed by atoms with Gasteiger partial charge in [0.2, 0.25) is 0 Å². The van der Waals surface area contributed by atoms with Crippen LogP contribution in [0.2, 0.25) is 0 Å². The van der Waals surface area contributed by atoms with E-state index in [1.165, 1.54) is 21.9 Å². The van der Waals surface area contributed by atoms with Crippen LogP contribution in [-0.2, 0) is 6.54 Å². The van der Waals surface area contributed by atoms with Crippen LogP contribution >= 0.6 is 0 Å². The molecule has 0 amide bonds. The maximum atomic E-state index is 5.71. The maximum absolute atomic E-state index is 5.71. The van der Waals surface area contributed by atoms with Gasteiger partial charge in [0.05, 0.1) is 12.8 Å². The molecule has 18 heavy (non-hydrogen) atoms. The largest absolute Gasteiger partial charge is 0.467 e. The Balaban J connectivity index is 2.34. The van der Waals surface area contributed by atoms with E-state index in [1.807, 2.05) is 6.07 Å². The summed E-state index contributed by atoms with van der Waals surface area (Å²) >= 11 is 0. The summed E-state index contributed by atoms with van der Waals surface area (Å²) in [6, 6.07) is 14.7. The minimum atomic E-state index is 0.421. The van der Waals surface area contributed by atoms with Crippen LogP contribution in [0, 0.1) is 6.92 Å². The number of hydrogen-bond acceptors (Lipinski definition) is 2. The first-order chi connectivity index (χ1) is 8.81. The van der Waals surface area contributed by atoms with E-state index in [0.29, 0.717) is 6.54 Å². The summed E-state index contributed by atoms with van der Waals surface area (Å²) in [4.78, 5) is 0. The highest BCUT2D eigenvalue weighted by atomic mass is 16.3. The molecule has 0 saturated heterocycles. The molecule has 90 valence electrons. The Morgan fingerprint density at radius 3 is 2.50 bits per heavy atom. The van der Waals surface area contributed by atoms with Gasteiger partial charge in [0.25, 0.3) is 0 Å². The standard InChI is InChI=1S/C16H15NO/c1-11-6-7-14(13-5-3-2-4-12(11)13)15-8-9-18-16(15)10-17/h2-9H,10,17H2,1H3. The number of nitrogens with two attached hydrogens (primary N) is 1. The van der Waals surface area contributed by atoms with Crippen molar-refractivity contribution >= 4 is 10.8 Å². The quantitative estimate of drug-likeness (QED) is 0.735. The summed E-state index contributed by atoms with van der Waals surface area (Å²) in [7, 11) is 0. The summed E-state index contributed by atoms with van der Waals surface area (Å²) in [6.45, 7) is 2.55. The number of rotatable bonds is 2. The molecule has 3 rings (SSSR count). The molecule has 0 unspecified atom stereocenters. The van der Waals surface area contributed by atoms with Gasteiger partial charge in [0.15, 0.2) is 0 Å². The zero-order valence-corrected chi connectivity index (χ0v) is 10.3. The molecule has 1 aromatic heterocycles. The first-order valence-corrected chi connectivity index (χ1v) is 6.06. The molecule has 2 heteroatoms. The van der Waals surface area contributed by atoms with Gasteiger partial charge in [-0.1, -0.05) is 36.4 Å². The van der Waals surface area contributed by atoms with E-state index in [9.17, 15) is 0 Å². The zero-order chi connectivity index (χ0) is 12.5. The van der Waals surface area contributed by atoms with Crippen LogP contribution in [-0.4, -0.2) is 0 Å². The minimum absolute atomic E-state index is 0.421. The second-order valence-electron chi connectivity index (χ2n) is 4.44. The van der Waals surface area contributed by atoms with Crippen LogP contribution in [0.5, 0.6) is 0 Å². The van der Waals surface area contributed by atoms with E-state index < -0.39 is 0 Å². The molecule has 0 aliphatic rings. The maximum Gasteiger partial charge on any atom is 0.125 e. The topological polar surface area (TPSA) is 39.2 Å². The first-order valence-electron chi connectivity index (χ1n) is 6.06. The van der Waals surface area contributed by atoms with E-state index in [1.54, 1.807) is 6.26 Å². The van der Waals surface area contributed by atoms with Gasteiger partial charge in [0.1, 0.15) is 5.76 Å². The van der Waals surface area contributed by atoms with Gasteiger partial charge in [-0.3, -0.25) is 0 Å². The number of hydrogen-bond donors (Lipinski definition) is 1. The van der Waals surface area contributed by atoms with Crippen LogP contribution in [0.4, 0.5) is 0 Å². The molecule has 2 nitrogen and oxygen atoms in total. The van der Waals surface area contributed by atoms with Gasteiger partial charge in [-0.2, -0.15) is 0 Å². The highest BCUT2D eigenvalue weighted by molar-refractivity contribution is 5.98. The molecule has 0 fully saturated rings. The molecule has 0 bridgehead atoms. The Morgan fingerprint density at radius 2 is 1.72 bits per heavy atom. The van der Waals surface area contributed by atoms with Gasteiger partial charge in [-0.05, 0) is 34.9 Å². The summed E-state index contributed by atoms with van der Waals surface area (Å²) in [5.74, 6) is 0.837. The molecule has 2 N–H and O–H groups in total. The molecule has 0 aliphatic carbocycles. The fourth-order valence-electron chi connectivity index (χ4n) is 2.42. The molecule has 0 aliphatic heterocycles. The summed E-state index contributed by atoms with van der Waals surface area (Å²) < 4.78 is 5.42. The third-order valence-corrected chi connectivity index (χ3v) is 3.36. The van der Waals surface area contributed by atoms with Gasteiger partial charge >= 0.3 is 0 Å². The Bertz CT molecular complexity index is 697. The van der Waals surface area contributed by atoms with Crippen LogP contribution < -0.4 is 5.73 Å². The van der Waals surface area contributed by atoms with E-state index >= 15 is 0 Å². The zero-order valence-electron chi connectivity index (χ0n) is 10.3. The Kier molecular flexibility index (Phi) is 2.65. The highest BCUT2D eigenvalue weighted by Gasteiger charge is 2.11. The predicted molar refractivity (Wildman–Crippen MR) is 74.3 cm³/mol. The number of aryl methyl sites for hydroxylation is 1. The van der Waals surface area contributed by atoms with Crippen molar-refractivity contribution in [2.45, 2.75) is 13.5 Å². The molecule has 2 aromatic carbocycles. The summed E-state index contributed by atoms with van der Waals surface area (Å²) in [5.41, 5.74) is 9.27. The van der Waals surface area contributed by atoms with Crippen molar-refractivity contribution in [2.75, 3.05) is 0 Å². The van der Waals surface area contributed by atoms with Gasteiger partial charge < -0.3 is 10.2 Å². The fourth-order valence-corrected chi connectivity index (χ4v) is 2.42. The second kappa shape index (κ2) is 4.31. The van der Waals surface area contributed by atoms with Crippen molar-refractivity contribution in [2.24, 2.45) is 5.73 Å². The van der Waals surface area contributed by atoms with Crippen molar-refractivity contribution in [1.82, 2.24) is 0 Å². The van der Waals surface area contributed by atoms with Crippen molar-refractivity contribution in [3.05, 3.63) is 60.1 Å². The normalized spacial score (nSPS) is 11.0. The average molecular weight is 237 g/mol. The van der Waals surface area contributed by atoms with E-state index in [0.717, 1.165) is 11.3 Å². The molecule has 1 heterocycles. The first kappa shape index (κ1) is 11.1. The third-order valence-electron chi connectivity index (χ3n) is 3.36. The minimum Gasteiger partial charge on any atom is -0.467 e. The second-order valence-corrected chi connectivity index (χ2v) is 4.44. The average Bonchev–Trinajstić information content (AvgIpc) is 2.88. The van der Waals surface area contributed by atoms with Crippen LogP contribution in [0.25, 0.3) is 21.9 Å². The van der Waals surface area contributed by atoms with Crippen molar-refractivity contribution in [3.8, 4) is 11.1 Å². The molecule has 3 aromatic rings. The predicted octanol–water partition coefficient (Wildman–Crippen LogP) is 3.87. The highest BCUT2D eigenvalue weighted by Crippen LogP contribution is 2.33. The molecule has 0 saturated carbocycles. The van der Waals surface area contributed by atoms with E-state index in [2.05, 4.69) is 43.3 Å². The van der Waals surface area contributed by atoms with Crippen LogP contribution in [0.3, 0.4) is 0 Å². The van der Waals surface area contributed by atoms with Crippen molar-refractivity contribution < 1.29 is 4.42 Å². The smallest absolute Gasteiger partial charge is 0.125 e. The SMILES string of the molecule is Cc1ccc(-c2ccoc2CN)c2ccccc12. The fraction of sp³-hybridized carbons (Fsp3) is 0.125. The van der Waals surface area contributed by atoms with Gasteiger partial charge in [-0.25, -0.2) is 0 Å². The van der Waals surface area contributed by atoms with Crippen molar-refractivity contribution in [1.29, 1.82) is 0 Å². The molecule has 0 radical (unpaired) electrons. The lowest BCUT2D eigenvalue weighted by molar-refractivity contribution is 0.513. The summed E-state index contributed by atoms with van der Waals surface area (Å²) in [5, 5.41) is 2.52. The molecular formula is C16H15NO. The van der Waals surface area contributed by atoms with Crippen molar-refractivity contribution in [3.63, 3.8) is 0 Å². The van der Waals surface area contributed by atoms with E-state index in [-0.39, 0.29) is 0 Å². The summed E-state index contributed by atoms with van der Waals surface area (Å²) in [6.07, 6.45) is 1.70. The Morgan fingerprint density at radius 1 is 0.944 bits per heavy atom. The van der Waals surface area contributed by atoms with Crippen LogP contribution in [0.15, 0.2) is 53.1 Å². The van der Waals surface area contributed by atoms with Gasteiger partial charge in [0, 0.05) is 5.56 Å². The monoisotopic (exact) mass is 237 g/mol.